The Balaban J connectivity index is 5.23. The van der Waals surface area contributed by atoms with Crippen molar-refractivity contribution < 1.29 is 80.2 Å². The number of hydrogen-bond donors (Lipinski definition) is 3. The number of carbonyl (C=O) groups is 4. The first-order valence-corrected chi connectivity index (χ1v) is 35.7. The molecule has 81 heavy (non-hydrogen) atoms. The van der Waals surface area contributed by atoms with Gasteiger partial charge in [0.2, 0.25) is 0 Å². The third-order valence-corrected chi connectivity index (χ3v) is 16.5. The van der Waals surface area contributed by atoms with Crippen molar-refractivity contribution in [1.29, 1.82) is 0 Å². The van der Waals surface area contributed by atoms with Crippen molar-refractivity contribution in [3.8, 4) is 0 Å². The number of rotatable bonds is 62. The second-order valence-corrected chi connectivity index (χ2v) is 25.6. The third-order valence-electron chi connectivity index (χ3n) is 14.6. The van der Waals surface area contributed by atoms with Gasteiger partial charge in [-0.25, -0.2) is 9.13 Å². The molecule has 0 saturated heterocycles. The Kier molecular flexibility index (Phi) is 54.6. The second-order valence-electron chi connectivity index (χ2n) is 22.7. The molecule has 0 aliphatic heterocycles. The van der Waals surface area contributed by atoms with E-state index in [1.165, 1.54) is 128 Å². The summed E-state index contributed by atoms with van der Waals surface area (Å²) in [4.78, 5) is 72.0. The first kappa shape index (κ1) is 79.1. The average molecular weight is 1200 g/mol. The molecule has 0 rings (SSSR count). The van der Waals surface area contributed by atoms with Gasteiger partial charge in [0.15, 0.2) is 12.2 Å². The second kappa shape index (κ2) is 55.9. The molecule has 0 aliphatic carbocycles. The van der Waals surface area contributed by atoms with Crippen LogP contribution in [0.2, 0.25) is 0 Å². The lowest BCUT2D eigenvalue weighted by atomic mass is 9.99. The smallest absolute Gasteiger partial charge is 0.462 e. The highest BCUT2D eigenvalue weighted by atomic mass is 31.2. The van der Waals surface area contributed by atoms with Gasteiger partial charge in [-0.15, -0.1) is 0 Å². The van der Waals surface area contributed by atoms with Crippen LogP contribution in [-0.4, -0.2) is 96.7 Å². The van der Waals surface area contributed by atoms with Crippen molar-refractivity contribution in [3.63, 3.8) is 0 Å². The minimum atomic E-state index is -4.94. The molecule has 17 nitrogen and oxygen atoms in total. The molecule has 0 aromatic heterocycles. The molecule has 19 heteroatoms. The lowest BCUT2D eigenvalue weighted by Crippen LogP contribution is -2.30. The molecule has 0 fully saturated rings. The zero-order chi connectivity index (χ0) is 59.9. The topological polar surface area (TPSA) is 237 Å². The molecule has 480 valence electrons. The molecule has 3 N–H and O–H groups in total. The van der Waals surface area contributed by atoms with Crippen LogP contribution in [0.5, 0.6) is 0 Å². The zero-order valence-corrected chi connectivity index (χ0v) is 53.7. The SMILES string of the molecule is CCCCCCCCCCCCCCC(=O)OC[C@H](COP(=O)(O)OC[C@@H](O)COP(=O)(O)OC[C@@H](COC(=O)CCCCCCCCCC)OC(=O)CCCCCCCCCCC)OC(=O)CCCCCCCCCCC(C)CC. The van der Waals surface area contributed by atoms with Crippen LogP contribution in [0.3, 0.4) is 0 Å². The molecule has 0 spiro atoms. The van der Waals surface area contributed by atoms with Gasteiger partial charge in [0.25, 0.3) is 0 Å². The molecule has 3 unspecified atom stereocenters. The van der Waals surface area contributed by atoms with Gasteiger partial charge in [-0.1, -0.05) is 259 Å². The van der Waals surface area contributed by atoms with Crippen molar-refractivity contribution >= 4 is 39.5 Å². The Bertz CT molecular complexity index is 1590. The first-order valence-electron chi connectivity index (χ1n) is 32.7. The summed E-state index contributed by atoms with van der Waals surface area (Å²) in [5, 5.41) is 10.5. The van der Waals surface area contributed by atoms with Gasteiger partial charge in [0, 0.05) is 25.7 Å². The molecule has 0 aromatic rings. The molecule has 0 heterocycles. The number of phosphoric ester groups is 2. The van der Waals surface area contributed by atoms with Crippen LogP contribution in [-0.2, 0) is 65.4 Å². The van der Waals surface area contributed by atoms with E-state index in [1.807, 2.05) is 0 Å². The summed E-state index contributed by atoms with van der Waals surface area (Å²) < 4.78 is 67.8. The van der Waals surface area contributed by atoms with Gasteiger partial charge in [-0.05, 0) is 31.6 Å². The van der Waals surface area contributed by atoms with E-state index in [1.54, 1.807) is 0 Å². The number of ether oxygens (including phenoxy) is 4. The standard InChI is InChI=1S/C62H120O17P2/c1-6-10-13-16-19-22-23-24-26-31-36-41-46-60(65)73-52-58(79-62(67)48-43-38-33-28-27-29-34-39-44-55(5)9-4)54-77-81(70,71)75-50-56(63)49-74-80(68,69)76-53-57(51-72-59(64)45-40-35-30-21-18-15-12-8-3)78-61(66)47-42-37-32-25-20-17-14-11-7-2/h55-58,63H,6-54H2,1-5H3,(H,68,69)(H,70,71)/t55?,56-,57+,58+/m0/s1. The fourth-order valence-corrected chi connectivity index (χ4v) is 10.8. The zero-order valence-electron chi connectivity index (χ0n) is 51.9. The van der Waals surface area contributed by atoms with Crippen molar-refractivity contribution in [1.82, 2.24) is 0 Å². The molecule has 0 aromatic carbocycles. The number of aliphatic hydroxyl groups excluding tert-OH is 1. The lowest BCUT2D eigenvalue weighted by molar-refractivity contribution is -0.161. The van der Waals surface area contributed by atoms with Crippen LogP contribution in [0.1, 0.15) is 311 Å². The summed E-state index contributed by atoms with van der Waals surface area (Å²) in [6.07, 6.45) is 38.9. The summed E-state index contributed by atoms with van der Waals surface area (Å²) in [5.74, 6) is -1.37. The number of phosphoric acid groups is 2. The predicted molar refractivity (Wildman–Crippen MR) is 322 cm³/mol. The summed E-state index contributed by atoms with van der Waals surface area (Å²) in [6, 6.07) is 0. The first-order chi connectivity index (χ1) is 39.1. The van der Waals surface area contributed by atoms with Crippen LogP contribution in [0.4, 0.5) is 0 Å². The predicted octanol–water partition coefficient (Wildman–Crippen LogP) is 17.0. The molecule has 0 bridgehead atoms. The third kappa shape index (κ3) is 55.7. The summed E-state index contributed by atoms with van der Waals surface area (Å²) in [7, 11) is -9.88. The number of hydrogen-bond acceptors (Lipinski definition) is 15. The van der Waals surface area contributed by atoms with E-state index in [4.69, 9.17) is 37.0 Å². The Morgan fingerprint density at radius 3 is 0.877 bits per heavy atom. The summed E-state index contributed by atoms with van der Waals surface area (Å²) in [5.41, 5.74) is 0. The van der Waals surface area contributed by atoms with Gasteiger partial charge in [0.1, 0.15) is 19.3 Å². The van der Waals surface area contributed by atoms with E-state index in [-0.39, 0.29) is 25.7 Å². The summed E-state index contributed by atoms with van der Waals surface area (Å²) in [6.45, 7) is 7.14. The fraction of sp³-hybridized carbons (Fsp3) is 0.935. The quantitative estimate of drug-likeness (QED) is 0.0222. The van der Waals surface area contributed by atoms with Crippen LogP contribution in [0.25, 0.3) is 0 Å². The number of aliphatic hydroxyl groups is 1. The van der Waals surface area contributed by atoms with Gasteiger partial charge < -0.3 is 33.8 Å². The van der Waals surface area contributed by atoms with E-state index in [0.29, 0.717) is 25.7 Å². The molecule has 0 radical (unpaired) electrons. The fourth-order valence-electron chi connectivity index (χ4n) is 9.20. The number of carbonyl (C=O) groups excluding carboxylic acids is 4. The lowest BCUT2D eigenvalue weighted by Gasteiger charge is -2.21. The largest absolute Gasteiger partial charge is 0.472 e. The highest BCUT2D eigenvalue weighted by Crippen LogP contribution is 2.45. The molecule has 0 amide bonds. The highest BCUT2D eigenvalue weighted by molar-refractivity contribution is 7.47. The van der Waals surface area contributed by atoms with Crippen molar-refractivity contribution in [2.24, 2.45) is 5.92 Å². The van der Waals surface area contributed by atoms with Gasteiger partial charge in [-0.3, -0.25) is 37.3 Å². The van der Waals surface area contributed by atoms with Gasteiger partial charge in [-0.2, -0.15) is 0 Å². The summed E-state index contributed by atoms with van der Waals surface area (Å²) >= 11 is 0. The molecular weight excluding hydrogens is 1080 g/mol. The van der Waals surface area contributed by atoms with Gasteiger partial charge >= 0.3 is 39.5 Å². The van der Waals surface area contributed by atoms with E-state index < -0.39 is 97.5 Å². The van der Waals surface area contributed by atoms with Crippen molar-refractivity contribution in [2.45, 2.75) is 329 Å². The maximum atomic E-state index is 13.0. The Morgan fingerprint density at radius 1 is 0.346 bits per heavy atom. The molecule has 0 aliphatic rings. The maximum Gasteiger partial charge on any atom is 0.472 e. The normalized spacial score (nSPS) is 14.6. The van der Waals surface area contributed by atoms with E-state index in [2.05, 4.69) is 34.6 Å². The Hall–Kier alpha value is -1.94. The van der Waals surface area contributed by atoms with Crippen molar-refractivity contribution in [2.75, 3.05) is 39.6 Å². The van der Waals surface area contributed by atoms with Crippen LogP contribution >= 0.6 is 15.6 Å². The molecule has 6 atom stereocenters. The van der Waals surface area contributed by atoms with Crippen LogP contribution in [0, 0.1) is 5.92 Å². The van der Waals surface area contributed by atoms with E-state index >= 15 is 0 Å². The highest BCUT2D eigenvalue weighted by Gasteiger charge is 2.30. The van der Waals surface area contributed by atoms with Crippen LogP contribution in [0.15, 0.2) is 0 Å². The minimum Gasteiger partial charge on any atom is -0.462 e. The Morgan fingerprint density at radius 2 is 0.593 bits per heavy atom. The Labute approximate surface area is 492 Å². The average Bonchev–Trinajstić information content (AvgIpc) is 3.44. The number of unbranched alkanes of at least 4 members (excludes halogenated alkanes) is 33. The van der Waals surface area contributed by atoms with E-state index in [9.17, 15) is 43.2 Å². The monoisotopic (exact) mass is 1200 g/mol. The molecule has 0 saturated carbocycles. The van der Waals surface area contributed by atoms with Gasteiger partial charge in [0.05, 0.1) is 26.4 Å². The van der Waals surface area contributed by atoms with Crippen molar-refractivity contribution in [3.05, 3.63) is 0 Å². The van der Waals surface area contributed by atoms with Crippen LogP contribution < -0.4 is 0 Å². The minimum absolute atomic E-state index is 0.105. The number of esters is 4. The van der Waals surface area contributed by atoms with E-state index in [0.717, 1.165) is 102 Å². The maximum absolute atomic E-state index is 13.0. The molecular formula is C62H120O17P2.